The number of hydrogen-bond acceptors (Lipinski definition) is 4. The molecule has 3 aromatic rings. The number of halogens is 8. The second kappa shape index (κ2) is 11.1. The van der Waals surface area contributed by atoms with Crippen molar-refractivity contribution in [2.45, 2.75) is 12.1 Å². The van der Waals surface area contributed by atoms with Gasteiger partial charge in [0, 0.05) is 29.5 Å². The molecule has 0 aliphatic heterocycles. The molecule has 1 heterocycles. The number of hydrogen-bond donors (Lipinski definition) is 1. The van der Waals surface area contributed by atoms with Gasteiger partial charge in [-0.1, -0.05) is 40.9 Å². The minimum Gasteiger partial charge on any atom is -0.267 e. The topological polar surface area (TPSA) is 58.1 Å². The lowest BCUT2D eigenvalue weighted by atomic mass is 9.96. The van der Waals surface area contributed by atoms with E-state index in [-0.39, 0.29) is 42.2 Å². The zero-order valence-corrected chi connectivity index (χ0v) is 21.4. The number of allylic oxidation sites excluding steroid dienone is 1. The molecule has 0 fully saturated rings. The maximum atomic E-state index is 14.9. The predicted molar refractivity (Wildman–Crippen MR) is 131 cm³/mol. The molecule has 1 unspecified atom stereocenters. The Morgan fingerprint density at radius 1 is 1.11 bits per heavy atom. The second-order valence-corrected chi connectivity index (χ2v) is 9.12. The Balaban J connectivity index is 1.88. The van der Waals surface area contributed by atoms with Crippen molar-refractivity contribution in [3.8, 4) is 0 Å². The molecule has 0 bridgehead atoms. The standard InChI is InChI=1S/C22H14BrCl3F4N4O/c1-34(21-31-5-2-6-32-21)33-20(35)13-4-3-11(7-15(13)23)18(27)10-14(22(28,29)30)12-8-16(24)19(26)17(25)9-12/h2-10,14H,1H3,(H,33,35). The van der Waals surface area contributed by atoms with Gasteiger partial charge in [0.2, 0.25) is 5.95 Å². The number of nitrogens with one attached hydrogen (secondary N) is 1. The highest BCUT2D eigenvalue weighted by molar-refractivity contribution is 9.10. The first-order valence-electron chi connectivity index (χ1n) is 9.58. The van der Waals surface area contributed by atoms with Crippen molar-refractivity contribution < 1.29 is 22.4 Å². The second-order valence-electron chi connectivity index (χ2n) is 7.08. The fourth-order valence-electron chi connectivity index (χ4n) is 2.95. The molecule has 0 radical (unpaired) electrons. The van der Waals surface area contributed by atoms with Crippen LogP contribution in [0.25, 0.3) is 5.83 Å². The first kappa shape index (κ1) is 27.2. The normalized spacial score (nSPS) is 12.9. The van der Waals surface area contributed by atoms with E-state index in [9.17, 15) is 22.4 Å². The maximum absolute atomic E-state index is 14.9. The number of carbonyl (C=O) groups is 1. The molecule has 5 nitrogen and oxygen atoms in total. The molecule has 0 spiro atoms. The summed E-state index contributed by atoms with van der Waals surface area (Å²) in [4.78, 5) is 20.6. The van der Waals surface area contributed by atoms with Crippen LogP contribution in [0.2, 0.25) is 15.1 Å². The molecule has 0 saturated carbocycles. The van der Waals surface area contributed by atoms with Crippen LogP contribution in [0.15, 0.2) is 59.3 Å². The zero-order valence-electron chi connectivity index (χ0n) is 17.5. The van der Waals surface area contributed by atoms with Crippen molar-refractivity contribution in [3.63, 3.8) is 0 Å². The summed E-state index contributed by atoms with van der Waals surface area (Å²) in [6.07, 6.45) is -1.47. The van der Waals surface area contributed by atoms with Crippen LogP contribution in [0.1, 0.15) is 27.4 Å². The number of benzene rings is 2. The smallest absolute Gasteiger partial charge is 0.267 e. The van der Waals surface area contributed by atoms with Crippen LogP contribution in [-0.4, -0.2) is 29.1 Å². The monoisotopic (exact) mass is 610 g/mol. The first-order valence-corrected chi connectivity index (χ1v) is 11.5. The van der Waals surface area contributed by atoms with Crippen molar-refractivity contribution in [2.24, 2.45) is 0 Å². The van der Waals surface area contributed by atoms with Gasteiger partial charge in [0.25, 0.3) is 5.91 Å². The number of rotatable bonds is 6. The average molecular weight is 613 g/mol. The van der Waals surface area contributed by atoms with Crippen LogP contribution in [0.4, 0.5) is 23.5 Å². The molecule has 1 aromatic heterocycles. The van der Waals surface area contributed by atoms with E-state index in [0.29, 0.717) is 6.08 Å². The van der Waals surface area contributed by atoms with E-state index < -0.39 is 23.8 Å². The molecular weight excluding hydrogens is 599 g/mol. The van der Waals surface area contributed by atoms with Gasteiger partial charge in [-0.25, -0.2) is 14.4 Å². The van der Waals surface area contributed by atoms with Gasteiger partial charge in [-0.05, 0) is 57.9 Å². The van der Waals surface area contributed by atoms with Gasteiger partial charge in [0.15, 0.2) is 0 Å². The highest BCUT2D eigenvalue weighted by atomic mass is 79.9. The third-order valence-corrected chi connectivity index (χ3v) is 6.49. The molecule has 0 aliphatic carbocycles. The van der Waals surface area contributed by atoms with Crippen LogP contribution in [0.3, 0.4) is 0 Å². The number of nitrogens with zero attached hydrogens (tertiary/aromatic N) is 3. The van der Waals surface area contributed by atoms with Gasteiger partial charge in [-0.15, -0.1) is 0 Å². The van der Waals surface area contributed by atoms with Crippen molar-refractivity contribution in [1.29, 1.82) is 0 Å². The lowest BCUT2D eigenvalue weighted by Crippen LogP contribution is -2.40. The average Bonchev–Trinajstić information content (AvgIpc) is 2.80. The summed E-state index contributed by atoms with van der Waals surface area (Å²) in [5.41, 5.74) is 2.07. The number of anilines is 1. The first-order chi connectivity index (χ1) is 16.4. The van der Waals surface area contributed by atoms with E-state index in [1.807, 2.05) is 0 Å². The molecule has 13 heteroatoms. The summed E-state index contributed by atoms with van der Waals surface area (Å²) in [7, 11) is 1.52. The Morgan fingerprint density at radius 3 is 2.26 bits per heavy atom. The van der Waals surface area contributed by atoms with Crippen LogP contribution in [0, 0.1) is 0 Å². The Labute approximate surface area is 220 Å². The van der Waals surface area contributed by atoms with Crippen LogP contribution in [0.5, 0.6) is 0 Å². The maximum Gasteiger partial charge on any atom is 0.399 e. The van der Waals surface area contributed by atoms with Gasteiger partial charge in [0.1, 0.15) is 11.7 Å². The van der Waals surface area contributed by atoms with E-state index in [1.165, 1.54) is 42.6 Å². The minimum absolute atomic E-state index is 0.105. The Morgan fingerprint density at radius 2 is 1.71 bits per heavy atom. The third-order valence-electron chi connectivity index (χ3n) is 4.64. The van der Waals surface area contributed by atoms with Crippen LogP contribution < -0.4 is 10.4 Å². The van der Waals surface area contributed by atoms with Crippen molar-refractivity contribution in [2.75, 3.05) is 12.1 Å². The molecule has 1 amide bonds. The summed E-state index contributed by atoms with van der Waals surface area (Å²) in [5, 5.41) is 0.784. The predicted octanol–water partition coefficient (Wildman–Crippen LogP) is 7.64. The highest BCUT2D eigenvalue weighted by Crippen LogP contribution is 2.42. The number of alkyl halides is 3. The largest absolute Gasteiger partial charge is 0.399 e. The van der Waals surface area contributed by atoms with Crippen molar-refractivity contribution in [3.05, 3.63) is 91.1 Å². The van der Waals surface area contributed by atoms with Crippen molar-refractivity contribution in [1.82, 2.24) is 15.4 Å². The van der Waals surface area contributed by atoms with E-state index in [1.54, 1.807) is 6.07 Å². The van der Waals surface area contributed by atoms with E-state index in [2.05, 4.69) is 31.3 Å². The summed E-state index contributed by atoms with van der Waals surface area (Å²) in [6.45, 7) is 0. The number of aromatic nitrogens is 2. The molecule has 1 atom stereocenters. The summed E-state index contributed by atoms with van der Waals surface area (Å²) in [5.74, 6) is -3.88. The fourth-order valence-corrected chi connectivity index (χ4v) is 4.12. The molecule has 1 N–H and O–H groups in total. The Kier molecular flexibility index (Phi) is 8.63. The van der Waals surface area contributed by atoms with Gasteiger partial charge in [0.05, 0.1) is 20.6 Å². The van der Waals surface area contributed by atoms with Gasteiger partial charge < -0.3 is 0 Å². The van der Waals surface area contributed by atoms with Gasteiger partial charge in [-0.2, -0.15) is 13.2 Å². The SMILES string of the molecule is CN(NC(=O)c1ccc(C(F)=CC(c2cc(Cl)c(Cl)c(Cl)c2)C(F)(F)F)cc1Br)c1ncccn1. The van der Waals surface area contributed by atoms with Gasteiger partial charge >= 0.3 is 6.18 Å². The molecule has 184 valence electrons. The van der Waals surface area contributed by atoms with E-state index >= 15 is 0 Å². The molecule has 2 aromatic carbocycles. The third kappa shape index (κ3) is 6.63. The molecule has 0 saturated heterocycles. The Hall–Kier alpha value is -2.40. The molecule has 35 heavy (non-hydrogen) atoms. The molecular formula is C22H14BrCl3F4N4O. The number of carbonyl (C=O) groups excluding carboxylic acids is 1. The summed E-state index contributed by atoms with van der Waals surface area (Å²) in [6, 6.07) is 7.20. The van der Waals surface area contributed by atoms with Gasteiger partial charge in [-0.3, -0.25) is 15.2 Å². The summed E-state index contributed by atoms with van der Waals surface area (Å²) < 4.78 is 56.3. The Bertz CT molecular complexity index is 1250. The lowest BCUT2D eigenvalue weighted by Gasteiger charge is -2.19. The highest BCUT2D eigenvalue weighted by Gasteiger charge is 2.40. The quantitative estimate of drug-likeness (QED) is 0.177. The molecule has 3 rings (SSSR count). The van der Waals surface area contributed by atoms with Crippen LogP contribution >= 0.6 is 50.7 Å². The zero-order chi connectivity index (χ0) is 25.9. The number of hydrazine groups is 1. The van der Waals surface area contributed by atoms with Crippen molar-refractivity contribution >= 4 is 68.4 Å². The number of amides is 1. The minimum atomic E-state index is -4.85. The van der Waals surface area contributed by atoms with E-state index in [0.717, 1.165) is 12.1 Å². The summed E-state index contributed by atoms with van der Waals surface area (Å²) >= 11 is 20.7. The van der Waals surface area contributed by atoms with E-state index in [4.69, 9.17) is 34.8 Å². The van der Waals surface area contributed by atoms with Crippen LogP contribution in [-0.2, 0) is 0 Å². The molecule has 0 aliphatic rings. The lowest BCUT2D eigenvalue weighted by molar-refractivity contribution is -0.139. The fraction of sp³-hybridized carbons (Fsp3) is 0.136.